The Morgan fingerprint density at radius 1 is 1.29 bits per heavy atom. The molecule has 0 saturated carbocycles. The number of pyridine rings is 1. The molecule has 0 spiro atoms. The van der Waals surface area contributed by atoms with Gasteiger partial charge in [-0.2, -0.15) is 5.26 Å². The van der Waals surface area contributed by atoms with Gasteiger partial charge in [-0.15, -0.1) is 6.58 Å². The Morgan fingerprint density at radius 3 is 2.65 bits per heavy atom. The van der Waals surface area contributed by atoms with Crippen LogP contribution in [0.5, 0.6) is 0 Å². The number of carbonyl (C=O) groups excluding carboxylic acids is 1. The molecule has 1 aliphatic heterocycles. The quantitative estimate of drug-likeness (QED) is 0.395. The first kappa shape index (κ1) is 22.5. The maximum Gasteiger partial charge on any atom is 0.270 e. The molecule has 1 aromatic heterocycles. The lowest BCUT2D eigenvalue weighted by Crippen LogP contribution is -2.28. The van der Waals surface area contributed by atoms with Gasteiger partial charge in [-0.25, -0.2) is 0 Å². The first-order valence-corrected chi connectivity index (χ1v) is 10.9. The van der Waals surface area contributed by atoms with Crippen molar-refractivity contribution in [1.29, 1.82) is 5.26 Å². The summed E-state index contributed by atoms with van der Waals surface area (Å²) in [5, 5.41) is 12.8. The van der Waals surface area contributed by atoms with Crippen molar-refractivity contribution in [2.75, 3.05) is 18.4 Å². The number of rotatable bonds is 7. The minimum Gasteiger partial charge on any atom is -0.371 e. The number of amides is 1. The molecule has 1 amide bonds. The monoisotopic (exact) mass is 450 g/mol. The topological polar surface area (TPSA) is 78.1 Å². The van der Waals surface area contributed by atoms with Gasteiger partial charge < -0.3 is 5.32 Å². The fourth-order valence-electron chi connectivity index (χ4n) is 3.33. The van der Waals surface area contributed by atoms with Gasteiger partial charge in [-0.05, 0) is 30.5 Å². The van der Waals surface area contributed by atoms with E-state index in [2.05, 4.69) is 11.9 Å². The Morgan fingerprint density at radius 2 is 2.00 bits per heavy atom. The summed E-state index contributed by atoms with van der Waals surface area (Å²) in [6, 6.07) is 12.0. The molecule has 31 heavy (non-hydrogen) atoms. The van der Waals surface area contributed by atoms with Crippen LogP contribution < -0.4 is 10.9 Å². The highest BCUT2D eigenvalue weighted by molar-refractivity contribution is 8.26. The van der Waals surface area contributed by atoms with Gasteiger partial charge in [0.15, 0.2) is 0 Å². The zero-order valence-electron chi connectivity index (χ0n) is 17.3. The predicted molar refractivity (Wildman–Crippen MR) is 130 cm³/mol. The normalized spacial score (nSPS) is 14.7. The largest absolute Gasteiger partial charge is 0.371 e. The van der Waals surface area contributed by atoms with Crippen LogP contribution in [-0.4, -0.2) is 32.8 Å². The van der Waals surface area contributed by atoms with Crippen molar-refractivity contribution < 1.29 is 4.79 Å². The Kier molecular flexibility index (Phi) is 7.10. The first-order valence-electron chi connectivity index (χ1n) is 9.66. The second kappa shape index (κ2) is 9.77. The van der Waals surface area contributed by atoms with E-state index in [0.29, 0.717) is 39.3 Å². The van der Waals surface area contributed by atoms with Crippen LogP contribution in [0.4, 0.5) is 5.82 Å². The molecule has 0 unspecified atom stereocenters. The maximum atomic E-state index is 12.8. The molecule has 1 fully saturated rings. The summed E-state index contributed by atoms with van der Waals surface area (Å²) in [5.74, 6) is 0.350. The molecule has 0 radical (unpaired) electrons. The van der Waals surface area contributed by atoms with Crippen LogP contribution in [0.1, 0.15) is 22.3 Å². The van der Waals surface area contributed by atoms with E-state index in [-0.39, 0.29) is 17.0 Å². The highest BCUT2D eigenvalue weighted by Gasteiger charge is 2.31. The summed E-state index contributed by atoms with van der Waals surface area (Å²) in [4.78, 5) is 27.4. The van der Waals surface area contributed by atoms with E-state index >= 15 is 0 Å². The fourth-order valence-corrected chi connectivity index (χ4v) is 4.59. The molecule has 2 heterocycles. The number of thioether (sulfide) groups is 1. The van der Waals surface area contributed by atoms with E-state index in [1.807, 2.05) is 36.4 Å². The van der Waals surface area contributed by atoms with Gasteiger partial charge in [-0.3, -0.25) is 19.1 Å². The van der Waals surface area contributed by atoms with Crippen LogP contribution in [0.2, 0.25) is 0 Å². The van der Waals surface area contributed by atoms with Crippen LogP contribution in [0.3, 0.4) is 0 Å². The Labute approximate surface area is 190 Å². The van der Waals surface area contributed by atoms with E-state index in [4.69, 9.17) is 12.2 Å². The zero-order valence-corrected chi connectivity index (χ0v) is 19.0. The van der Waals surface area contributed by atoms with Crippen molar-refractivity contribution in [3.8, 4) is 6.07 Å². The maximum absolute atomic E-state index is 12.8. The second-order valence-corrected chi connectivity index (χ2v) is 8.66. The third-order valence-electron chi connectivity index (χ3n) is 5.01. The zero-order chi connectivity index (χ0) is 22.5. The van der Waals surface area contributed by atoms with Gasteiger partial charge in [0.25, 0.3) is 11.5 Å². The average Bonchev–Trinajstić information content (AvgIpc) is 3.03. The van der Waals surface area contributed by atoms with Crippen molar-refractivity contribution >= 4 is 46.1 Å². The lowest BCUT2D eigenvalue weighted by atomic mass is 10.0. The van der Waals surface area contributed by atoms with E-state index in [0.717, 1.165) is 12.0 Å². The summed E-state index contributed by atoms with van der Waals surface area (Å²) in [5.41, 5.74) is 2.01. The van der Waals surface area contributed by atoms with Crippen LogP contribution in [0.15, 0.2) is 52.7 Å². The molecule has 8 heteroatoms. The summed E-state index contributed by atoms with van der Waals surface area (Å²) in [6.45, 7) is 6.30. The van der Waals surface area contributed by atoms with E-state index in [1.54, 1.807) is 26.1 Å². The Bertz CT molecular complexity index is 1180. The third-order valence-corrected chi connectivity index (χ3v) is 6.39. The fraction of sp³-hybridized carbons (Fsp3) is 0.217. The second-order valence-electron chi connectivity index (χ2n) is 6.98. The minimum absolute atomic E-state index is 0.0592. The van der Waals surface area contributed by atoms with Crippen molar-refractivity contribution in [3.05, 3.63) is 80.5 Å². The number of nitriles is 1. The Hall–Kier alpha value is -3.15. The highest BCUT2D eigenvalue weighted by Crippen LogP contribution is 2.34. The smallest absolute Gasteiger partial charge is 0.270 e. The van der Waals surface area contributed by atoms with Crippen LogP contribution >= 0.6 is 24.0 Å². The molecule has 6 nitrogen and oxygen atoms in total. The number of hydrogen-bond acceptors (Lipinski definition) is 6. The number of carbonyl (C=O) groups is 1. The van der Waals surface area contributed by atoms with Crippen LogP contribution in [0, 0.1) is 18.3 Å². The summed E-state index contributed by atoms with van der Waals surface area (Å²) in [7, 11) is 1.62. The highest BCUT2D eigenvalue weighted by atomic mass is 32.2. The van der Waals surface area contributed by atoms with Crippen molar-refractivity contribution in [1.82, 2.24) is 9.47 Å². The third kappa shape index (κ3) is 4.63. The standard InChI is InChI=1S/C23H22N4O2S2/c1-4-12-27-22(29)19(31-23(27)30)13-17-15(2)18(14-24)21(28)26(3)20(17)25-11-10-16-8-6-5-7-9-16/h4-9,13,25H,1,10-12H2,2-3H3/b19-13+. The molecule has 158 valence electrons. The van der Waals surface area contributed by atoms with E-state index < -0.39 is 0 Å². The SMILES string of the molecule is C=CCN1C(=O)/C(=C\c2c(C)c(C#N)c(=O)n(C)c2NCCc2ccccc2)SC1=S. The molecule has 0 bridgehead atoms. The van der Waals surface area contributed by atoms with Gasteiger partial charge in [0, 0.05) is 25.7 Å². The molecule has 1 aliphatic rings. The summed E-state index contributed by atoms with van der Waals surface area (Å²) in [6.07, 6.45) is 4.09. The molecule has 0 atom stereocenters. The number of hydrogen-bond donors (Lipinski definition) is 1. The van der Waals surface area contributed by atoms with Crippen LogP contribution in [-0.2, 0) is 18.3 Å². The van der Waals surface area contributed by atoms with Crippen molar-refractivity contribution in [3.63, 3.8) is 0 Å². The van der Waals surface area contributed by atoms with Gasteiger partial charge >= 0.3 is 0 Å². The first-order chi connectivity index (χ1) is 14.9. The van der Waals surface area contributed by atoms with Gasteiger partial charge in [0.2, 0.25) is 0 Å². The van der Waals surface area contributed by atoms with Gasteiger partial charge in [0.1, 0.15) is 21.8 Å². The van der Waals surface area contributed by atoms with Crippen LogP contribution in [0.25, 0.3) is 6.08 Å². The van der Waals surface area contributed by atoms with E-state index in [9.17, 15) is 14.9 Å². The minimum atomic E-state index is -0.376. The number of benzene rings is 1. The molecule has 1 N–H and O–H groups in total. The molecule has 0 aliphatic carbocycles. The predicted octanol–water partition coefficient (Wildman–Crippen LogP) is 3.61. The molecule has 3 rings (SSSR count). The Balaban J connectivity index is 2.02. The molecular formula is C23H22N4O2S2. The lowest BCUT2D eigenvalue weighted by Gasteiger charge is -2.18. The number of thiocarbonyl (C=S) groups is 1. The number of aromatic nitrogens is 1. The number of nitrogens with one attached hydrogen (secondary N) is 1. The molecule has 1 aromatic carbocycles. The number of nitrogens with zero attached hydrogens (tertiary/aromatic N) is 3. The van der Waals surface area contributed by atoms with Gasteiger partial charge in [0.05, 0.1) is 4.91 Å². The molecule has 1 saturated heterocycles. The number of anilines is 1. The summed E-state index contributed by atoms with van der Waals surface area (Å²) >= 11 is 6.52. The lowest BCUT2D eigenvalue weighted by molar-refractivity contribution is -0.121. The van der Waals surface area contributed by atoms with Crippen molar-refractivity contribution in [2.45, 2.75) is 13.3 Å². The van der Waals surface area contributed by atoms with E-state index in [1.165, 1.54) is 21.2 Å². The average molecular weight is 451 g/mol. The summed E-state index contributed by atoms with van der Waals surface area (Å²) < 4.78 is 1.88. The molecule has 2 aromatic rings. The van der Waals surface area contributed by atoms with Crippen molar-refractivity contribution in [2.24, 2.45) is 7.05 Å². The molecular weight excluding hydrogens is 428 g/mol. The van der Waals surface area contributed by atoms with Gasteiger partial charge in [-0.1, -0.05) is 60.4 Å².